The van der Waals surface area contributed by atoms with Crippen molar-refractivity contribution in [2.45, 2.75) is 32.1 Å². The number of pyridine rings is 1. The zero-order chi connectivity index (χ0) is 26.9. The summed E-state index contributed by atoms with van der Waals surface area (Å²) in [6, 6.07) is 13.0. The molecule has 5 rings (SSSR count). The van der Waals surface area contributed by atoms with E-state index in [9.17, 15) is 22.5 Å². The number of benzene rings is 2. The number of allylic oxidation sites excluding steroid dienone is 2. The summed E-state index contributed by atoms with van der Waals surface area (Å²) < 4.78 is 58.2. The lowest BCUT2D eigenvalue weighted by Gasteiger charge is -2.43. The highest BCUT2D eigenvalue weighted by molar-refractivity contribution is 7.88. The molecule has 0 radical (unpaired) electrons. The number of piperidine rings is 1. The minimum atomic E-state index is -3.15. The summed E-state index contributed by atoms with van der Waals surface area (Å²) in [5.74, 6) is -0.983. The van der Waals surface area contributed by atoms with E-state index >= 15 is 0 Å². The second-order valence-corrected chi connectivity index (χ2v) is 12.0. The van der Waals surface area contributed by atoms with E-state index < -0.39 is 21.7 Å². The Labute approximate surface area is 221 Å². The summed E-state index contributed by atoms with van der Waals surface area (Å²) in [6.07, 6.45) is 10.9. The molecular formula is C29H27F2N3O3S. The van der Waals surface area contributed by atoms with Crippen LogP contribution in [0.3, 0.4) is 0 Å². The topological polar surface area (TPSA) is 83.3 Å². The average Bonchev–Trinajstić information content (AvgIpc) is 2.91. The Morgan fingerprint density at radius 1 is 0.974 bits per heavy atom. The van der Waals surface area contributed by atoms with Gasteiger partial charge in [-0.05, 0) is 90.6 Å². The molecule has 6 nitrogen and oxygen atoms in total. The van der Waals surface area contributed by atoms with Crippen molar-refractivity contribution in [3.63, 3.8) is 0 Å². The molecule has 1 saturated heterocycles. The van der Waals surface area contributed by atoms with Gasteiger partial charge in [0.15, 0.2) is 11.6 Å². The normalized spacial score (nSPS) is 17.6. The molecule has 0 bridgehead atoms. The summed E-state index contributed by atoms with van der Waals surface area (Å²) in [5, 5.41) is 9.85. The number of nitrogens with zero attached hydrogens (tertiary/aromatic N) is 3. The molecule has 0 unspecified atom stereocenters. The molecule has 2 heterocycles. The van der Waals surface area contributed by atoms with E-state index in [-0.39, 0.29) is 5.41 Å². The van der Waals surface area contributed by atoms with Gasteiger partial charge in [-0.1, -0.05) is 12.1 Å². The number of rotatable bonds is 5. The Morgan fingerprint density at radius 2 is 1.76 bits per heavy atom. The third-order valence-electron chi connectivity index (χ3n) is 7.62. The van der Waals surface area contributed by atoms with Crippen LogP contribution in [0.1, 0.15) is 43.2 Å². The van der Waals surface area contributed by atoms with Gasteiger partial charge in [-0.2, -0.15) is 5.26 Å². The predicted octanol–water partition coefficient (Wildman–Crippen LogP) is 6.30. The molecule has 0 N–H and O–H groups in total. The minimum absolute atomic E-state index is 0.117. The molecule has 1 fully saturated rings. The second-order valence-electron chi connectivity index (χ2n) is 10.1. The van der Waals surface area contributed by atoms with Crippen LogP contribution in [0.4, 0.5) is 8.78 Å². The smallest absolute Gasteiger partial charge is 0.211 e. The molecule has 9 heteroatoms. The highest BCUT2D eigenvalue weighted by Gasteiger charge is 2.38. The Hall–Kier alpha value is -3.61. The van der Waals surface area contributed by atoms with Crippen molar-refractivity contribution in [1.29, 1.82) is 5.26 Å². The number of aromatic nitrogens is 1. The monoisotopic (exact) mass is 535 g/mol. The molecule has 1 aliphatic heterocycles. The Bertz CT molecular complexity index is 1560. The minimum Gasteiger partial charge on any atom is -0.456 e. The zero-order valence-corrected chi connectivity index (χ0v) is 21.8. The van der Waals surface area contributed by atoms with Gasteiger partial charge >= 0.3 is 0 Å². The van der Waals surface area contributed by atoms with E-state index in [1.807, 2.05) is 6.07 Å². The van der Waals surface area contributed by atoms with E-state index in [0.717, 1.165) is 55.4 Å². The molecule has 0 saturated carbocycles. The van der Waals surface area contributed by atoms with Gasteiger partial charge in [0.25, 0.3) is 0 Å². The van der Waals surface area contributed by atoms with Crippen LogP contribution >= 0.6 is 0 Å². The molecule has 2 aliphatic rings. The fourth-order valence-corrected chi connectivity index (χ4v) is 6.18. The van der Waals surface area contributed by atoms with Gasteiger partial charge in [0, 0.05) is 24.8 Å². The average molecular weight is 536 g/mol. The third kappa shape index (κ3) is 5.47. The van der Waals surface area contributed by atoms with E-state index in [0.29, 0.717) is 41.3 Å². The van der Waals surface area contributed by atoms with Crippen LogP contribution in [0.2, 0.25) is 0 Å². The van der Waals surface area contributed by atoms with Crippen LogP contribution in [0.15, 0.2) is 60.9 Å². The highest BCUT2D eigenvalue weighted by Crippen LogP contribution is 2.46. The lowest BCUT2D eigenvalue weighted by molar-refractivity contribution is 0.142. The molecule has 0 amide bonds. The quantitative estimate of drug-likeness (QED) is 0.383. The van der Waals surface area contributed by atoms with Gasteiger partial charge in [0.05, 0.1) is 24.1 Å². The lowest BCUT2D eigenvalue weighted by atomic mass is 9.68. The van der Waals surface area contributed by atoms with Crippen molar-refractivity contribution in [1.82, 2.24) is 9.29 Å². The van der Waals surface area contributed by atoms with Crippen LogP contribution in [-0.4, -0.2) is 37.1 Å². The number of sulfonamides is 1. The third-order valence-corrected chi connectivity index (χ3v) is 8.92. The van der Waals surface area contributed by atoms with Crippen molar-refractivity contribution in [3.05, 3.63) is 83.7 Å². The summed E-state index contributed by atoms with van der Waals surface area (Å²) in [5.41, 5.74) is 3.65. The van der Waals surface area contributed by atoms with Crippen molar-refractivity contribution in [2.24, 2.45) is 5.41 Å². The molecule has 1 aliphatic carbocycles. The van der Waals surface area contributed by atoms with Gasteiger partial charge in [-0.15, -0.1) is 0 Å². The van der Waals surface area contributed by atoms with Crippen LogP contribution < -0.4 is 4.74 Å². The molecule has 1 aromatic heterocycles. The van der Waals surface area contributed by atoms with Crippen LogP contribution in [0.25, 0.3) is 16.7 Å². The Morgan fingerprint density at radius 3 is 2.42 bits per heavy atom. The van der Waals surface area contributed by atoms with Gasteiger partial charge in [0.2, 0.25) is 10.0 Å². The SMILES string of the molecule is CS(=O)(=O)N1CCC2(CC=C(c3ccc(Oc4cncc(-c5ccc(F)c(F)c5)c4)cc3C#N)CC2)CC1. The maximum atomic E-state index is 13.7. The first-order chi connectivity index (χ1) is 18.2. The van der Waals surface area contributed by atoms with E-state index in [4.69, 9.17) is 4.74 Å². The summed E-state index contributed by atoms with van der Waals surface area (Å²) in [7, 11) is -3.15. The first kappa shape index (κ1) is 26.0. The molecule has 1 spiro atoms. The molecule has 3 aromatic rings. The van der Waals surface area contributed by atoms with Crippen molar-refractivity contribution in [3.8, 4) is 28.7 Å². The largest absolute Gasteiger partial charge is 0.456 e. The van der Waals surface area contributed by atoms with Gasteiger partial charge in [-0.3, -0.25) is 4.98 Å². The fourth-order valence-electron chi connectivity index (χ4n) is 5.34. The first-order valence-corrected chi connectivity index (χ1v) is 14.3. The molecular weight excluding hydrogens is 508 g/mol. The number of hydrogen-bond donors (Lipinski definition) is 0. The first-order valence-electron chi connectivity index (χ1n) is 12.4. The van der Waals surface area contributed by atoms with Crippen LogP contribution in [0, 0.1) is 28.4 Å². The number of nitriles is 1. The van der Waals surface area contributed by atoms with E-state index in [2.05, 4.69) is 17.1 Å². The lowest BCUT2D eigenvalue weighted by Crippen LogP contribution is -2.43. The second kappa shape index (κ2) is 10.3. The van der Waals surface area contributed by atoms with Crippen molar-refractivity contribution < 1.29 is 21.9 Å². The highest BCUT2D eigenvalue weighted by atomic mass is 32.2. The molecule has 38 heavy (non-hydrogen) atoms. The standard InChI is InChI=1S/C29H27F2N3O3S/c1-38(35,36)34-12-10-29(11-13-34)8-6-20(7-9-29)26-4-3-24(14-22(26)17-32)37-25-15-23(18-33-19-25)21-2-5-27(30)28(31)16-21/h2-6,14-16,18-19H,7-13H2,1H3. The Balaban J connectivity index is 1.30. The maximum absolute atomic E-state index is 13.7. The van der Waals surface area contributed by atoms with Gasteiger partial charge < -0.3 is 4.74 Å². The summed E-state index contributed by atoms with van der Waals surface area (Å²) >= 11 is 0. The van der Waals surface area contributed by atoms with Crippen LogP contribution in [-0.2, 0) is 10.0 Å². The Kier molecular flexibility index (Phi) is 7.03. The number of hydrogen-bond acceptors (Lipinski definition) is 5. The van der Waals surface area contributed by atoms with Crippen LogP contribution in [0.5, 0.6) is 11.5 Å². The van der Waals surface area contributed by atoms with E-state index in [1.54, 1.807) is 22.5 Å². The summed E-state index contributed by atoms with van der Waals surface area (Å²) in [4.78, 5) is 4.15. The zero-order valence-electron chi connectivity index (χ0n) is 21.0. The van der Waals surface area contributed by atoms with Crippen molar-refractivity contribution >= 4 is 15.6 Å². The molecule has 0 atom stereocenters. The maximum Gasteiger partial charge on any atom is 0.211 e. The predicted molar refractivity (Wildman–Crippen MR) is 141 cm³/mol. The number of ether oxygens (including phenoxy) is 1. The van der Waals surface area contributed by atoms with E-state index in [1.165, 1.54) is 24.7 Å². The number of halogens is 2. The van der Waals surface area contributed by atoms with Gasteiger partial charge in [0.1, 0.15) is 11.5 Å². The molecule has 2 aromatic carbocycles. The van der Waals surface area contributed by atoms with Crippen molar-refractivity contribution in [2.75, 3.05) is 19.3 Å². The molecule has 196 valence electrons. The fraction of sp³-hybridized carbons (Fsp3) is 0.310. The summed E-state index contributed by atoms with van der Waals surface area (Å²) in [6.45, 7) is 1.12. The van der Waals surface area contributed by atoms with Gasteiger partial charge in [-0.25, -0.2) is 21.5 Å².